The van der Waals surface area contributed by atoms with Crippen molar-refractivity contribution in [3.8, 4) is 5.75 Å². The largest absolute Gasteiger partial charge is 0.497 e. The Labute approximate surface area is 116 Å². The molecule has 0 spiro atoms. The summed E-state index contributed by atoms with van der Waals surface area (Å²) in [6, 6.07) is 8.27. The lowest BCUT2D eigenvalue weighted by Crippen LogP contribution is -2.32. The number of rotatable bonds is 7. The molecule has 1 aliphatic rings. The van der Waals surface area contributed by atoms with Gasteiger partial charge in [0.1, 0.15) is 5.75 Å². The highest BCUT2D eigenvalue weighted by Gasteiger charge is 2.08. The molecule has 0 amide bonds. The first kappa shape index (κ1) is 14.4. The molecule has 1 saturated heterocycles. The zero-order valence-corrected chi connectivity index (χ0v) is 12.0. The van der Waals surface area contributed by atoms with Gasteiger partial charge in [0.25, 0.3) is 0 Å². The van der Waals surface area contributed by atoms with Gasteiger partial charge in [0.05, 0.1) is 7.11 Å². The Bertz CT molecular complexity index is 362. The zero-order valence-electron chi connectivity index (χ0n) is 12.0. The van der Waals surface area contributed by atoms with Gasteiger partial charge < -0.3 is 15.0 Å². The number of nitrogens with zero attached hydrogens (tertiary/aromatic N) is 1. The standard InChI is InChI=1S/C16H26N2O/c1-19-16-8-5-7-15(13-16)14-17-9-6-12-18-10-3-2-4-11-18/h5,7-8,13,17H,2-4,6,9-12,14H2,1H3. The molecule has 1 aromatic carbocycles. The van der Waals surface area contributed by atoms with Gasteiger partial charge in [-0.2, -0.15) is 0 Å². The van der Waals surface area contributed by atoms with Gasteiger partial charge >= 0.3 is 0 Å². The highest BCUT2D eigenvalue weighted by molar-refractivity contribution is 5.28. The Balaban J connectivity index is 1.58. The maximum atomic E-state index is 5.23. The molecule has 0 aliphatic carbocycles. The van der Waals surface area contributed by atoms with E-state index >= 15 is 0 Å². The summed E-state index contributed by atoms with van der Waals surface area (Å²) in [6.07, 6.45) is 5.43. The predicted molar refractivity (Wildman–Crippen MR) is 79.6 cm³/mol. The van der Waals surface area contributed by atoms with E-state index in [1.165, 1.54) is 50.9 Å². The van der Waals surface area contributed by atoms with Crippen molar-refractivity contribution >= 4 is 0 Å². The molecule has 2 rings (SSSR count). The second kappa shape index (κ2) is 8.18. The average Bonchev–Trinajstić information content (AvgIpc) is 2.48. The molecular formula is C16H26N2O. The number of benzene rings is 1. The molecule has 0 atom stereocenters. The molecule has 0 aromatic heterocycles. The molecule has 0 bridgehead atoms. The van der Waals surface area contributed by atoms with Gasteiger partial charge in [-0.1, -0.05) is 18.6 Å². The van der Waals surface area contributed by atoms with E-state index in [1.54, 1.807) is 7.11 Å². The molecule has 3 nitrogen and oxygen atoms in total. The van der Waals surface area contributed by atoms with Crippen LogP contribution in [0.15, 0.2) is 24.3 Å². The monoisotopic (exact) mass is 262 g/mol. The van der Waals surface area contributed by atoms with Crippen LogP contribution in [0.4, 0.5) is 0 Å². The summed E-state index contributed by atoms with van der Waals surface area (Å²) in [4.78, 5) is 2.59. The molecule has 19 heavy (non-hydrogen) atoms. The number of likely N-dealkylation sites (tertiary alicyclic amines) is 1. The molecule has 1 aliphatic heterocycles. The van der Waals surface area contributed by atoms with Crippen LogP contribution in [0, 0.1) is 0 Å². The second-order valence-electron chi connectivity index (χ2n) is 5.28. The van der Waals surface area contributed by atoms with E-state index in [-0.39, 0.29) is 0 Å². The molecule has 3 heteroatoms. The van der Waals surface area contributed by atoms with Crippen LogP contribution in [0.5, 0.6) is 5.75 Å². The lowest BCUT2D eigenvalue weighted by Gasteiger charge is -2.26. The molecule has 1 N–H and O–H groups in total. The van der Waals surface area contributed by atoms with Crippen LogP contribution < -0.4 is 10.1 Å². The van der Waals surface area contributed by atoms with Gasteiger partial charge in [-0.15, -0.1) is 0 Å². The van der Waals surface area contributed by atoms with Crippen molar-refractivity contribution in [2.45, 2.75) is 32.2 Å². The summed E-state index contributed by atoms with van der Waals surface area (Å²) < 4.78 is 5.23. The number of hydrogen-bond donors (Lipinski definition) is 1. The van der Waals surface area contributed by atoms with Crippen LogP contribution in [0.25, 0.3) is 0 Å². The van der Waals surface area contributed by atoms with Gasteiger partial charge in [0.15, 0.2) is 0 Å². The number of hydrogen-bond acceptors (Lipinski definition) is 3. The fourth-order valence-corrected chi connectivity index (χ4v) is 2.63. The van der Waals surface area contributed by atoms with E-state index in [1.807, 2.05) is 12.1 Å². The Morgan fingerprint density at radius 3 is 2.84 bits per heavy atom. The maximum Gasteiger partial charge on any atom is 0.119 e. The molecular weight excluding hydrogens is 236 g/mol. The van der Waals surface area contributed by atoms with Crippen LogP contribution in [0.3, 0.4) is 0 Å². The Morgan fingerprint density at radius 1 is 1.21 bits per heavy atom. The van der Waals surface area contributed by atoms with Gasteiger partial charge in [0.2, 0.25) is 0 Å². The fraction of sp³-hybridized carbons (Fsp3) is 0.625. The third-order valence-electron chi connectivity index (χ3n) is 3.74. The molecule has 1 heterocycles. The highest BCUT2D eigenvalue weighted by atomic mass is 16.5. The molecule has 0 radical (unpaired) electrons. The van der Waals surface area contributed by atoms with Crippen molar-refractivity contribution in [2.75, 3.05) is 33.3 Å². The van der Waals surface area contributed by atoms with Crippen molar-refractivity contribution in [2.24, 2.45) is 0 Å². The lowest BCUT2D eigenvalue weighted by molar-refractivity contribution is 0.225. The summed E-state index contributed by atoms with van der Waals surface area (Å²) in [5, 5.41) is 3.51. The van der Waals surface area contributed by atoms with Crippen LogP contribution in [0.1, 0.15) is 31.2 Å². The first-order valence-corrected chi connectivity index (χ1v) is 7.44. The minimum atomic E-state index is 0.928. The predicted octanol–water partition coefficient (Wildman–Crippen LogP) is 2.66. The molecule has 1 aromatic rings. The number of nitrogens with one attached hydrogen (secondary N) is 1. The first-order valence-electron chi connectivity index (χ1n) is 7.44. The van der Waals surface area contributed by atoms with Crippen molar-refractivity contribution in [3.63, 3.8) is 0 Å². The third kappa shape index (κ3) is 5.21. The zero-order chi connectivity index (χ0) is 13.3. The SMILES string of the molecule is COc1cccc(CNCCCN2CCCCC2)c1. The molecule has 1 fully saturated rings. The minimum Gasteiger partial charge on any atom is -0.497 e. The first-order chi connectivity index (χ1) is 9.38. The van der Waals surface area contributed by atoms with Crippen molar-refractivity contribution < 1.29 is 4.74 Å². The minimum absolute atomic E-state index is 0.928. The van der Waals surface area contributed by atoms with E-state index in [2.05, 4.69) is 22.3 Å². The lowest BCUT2D eigenvalue weighted by atomic mass is 10.1. The number of ether oxygens (including phenoxy) is 1. The third-order valence-corrected chi connectivity index (χ3v) is 3.74. The van der Waals surface area contributed by atoms with Gasteiger partial charge in [-0.3, -0.25) is 0 Å². The topological polar surface area (TPSA) is 24.5 Å². The van der Waals surface area contributed by atoms with Crippen LogP contribution in [-0.4, -0.2) is 38.2 Å². The molecule has 106 valence electrons. The van der Waals surface area contributed by atoms with E-state index in [9.17, 15) is 0 Å². The second-order valence-corrected chi connectivity index (χ2v) is 5.28. The smallest absolute Gasteiger partial charge is 0.119 e. The van der Waals surface area contributed by atoms with E-state index in [4.69, 9.17) is 4.74 Å². The van der Waals surface area contributed by atoms with E-state index < -0.39 is 0 Å². The Hall–Kier alpha value is -1.06. The summed E-state index contributed by atoms with van der Waals surface area (Å²) in [5.74, 6) is 0.938. The van der Waals surface area contributed by atoms with Crippen molar-refractivity contribution in [1.29, 1.82) is 0 Å². The maximum absolute atomic E-state index is 5.23. The van der Waals surface area contributed by atoms with E-state index in [0.29, 0.717) is 0 Å². The summed E-state index contributed by atoms with van der Waals surface area (Å²) in [6.45, 7) is 5.86. The van der Waals surface area contributed by atoms with Gasteiger partial charge in [-0.05, 0) is 63.1 Å². The Morgan fingerprint density at radius 2 is 2.05 bits per heavy atom. The fourth-order valence-electron chi connectivity index (χ4n) is 2.63. The number of piperidine rings is 1. The van der Waals surface area contributed by atoms with Crippen LogP contribution in [0.2, 0.25) is 0 Å². The van der Waals surface area contributed by atoms with Gasteiger partial charge in [0, 0.05) is 6.54 Å². The van der Waals surface area contributed by atoms with E-state index in [0.717, 1.165) is 18.8 Å². The molecule has 0 unspecified atom stereocenters. The Kier molecular flexibility index (Phi) is 6.18. The summed E-state index contributed by atoms with van der Waals surface area (Å²) >= 11 is 0. The number of methoxy groups -OCH3 is 1. The normalized spacial score (nSPS) is 16.5. The summed E-state index contributed by atoms with van der Waals surface area (Å²) in [5.41, 5.74) is 1.29. The van der Waals surface area contributed by atoms with Gasteiger partial charge in [-0.25, -0.2) is 0 Å². The average molecular weight is 262 g/mol. The quantitative estimate of drug-likeness (QED) is 0.765. The highest BCUT2D eigenvalue weighted by Crippen LogP contribution is 2.12. The van der Waals surface area contributed by atoms with Crippen molar-refractivity contribution in [1.82, 2.24) is 10.2 Å². The van der Waals surface area contributed by atoms with Crippen molar-refractivity contribution in [3.05, 3.63) is 29.8 Å². The summed E-state index contributed by atoms with van der Waals surface area (Å²) in [7, 11) is 1.71. The van der Waals surface area contributed by atoms with Crippen LogP contribution >= 0.6 is 0 Å². The molecule has 0 saturated carbocycles. The van der Waals surface area contributed by atoms with Crippen LogP contribution in [-0.2, 0) is 6.54 Å².